The number of nitrogens with zero attached hydrogens (tertiary/aromatic N) is 5. The molecule has 0 radical (unpaired) electrons. The number of aromatic nitrogens is 5. The van der Waals surface area contributed by atoms with Crippen molar-refractivity contribution in [3.63, 3.8) is 0 Å². The smallest absolute Gasteiger partial charge is 0.293 e. The molecule has 1 aliphatic rings. The van der Waals surface area contributed by atoms with Gasteiger partial charge in [0.05, 0.1) is 5.69 Å². The van der Waals surface area contributed by atoms with E-state index in [1.54, 1.807) is 23.1 Å². The Labute approximate surface area is 196 Å². The molecule has 1 fully saturated rings. The Morgan fingerprint density at radius 1 is 1.24 bits per heavy atom. The molecule has 4 rings (SSSR count). The highest BCUT2D eigenvalue weighted by molar-refractivity contribution is 6.30. The van der Waals surface area contributed by atoms with Crippen LogP contribution in [-0.2, 0) is 17.9 Å². The number of amides is 1. The van der Waals surface area contributed by atoms with Gasteiger partial charge in [-0.1, -0.05) is 11.6 Å². The lowest BCUT2D eigenvalue weighted by atomic mass is 10.1. The van der Waals surface area contributed by atoms with Crippen molar-refractivity contribution in [1.29, 1.82) is 0 Å². The average Bonchev–Trinajstić information content (AvgIpc) is 3.47. The number of hydrogen-bond donors (Lipinski definition) is 3. The van der Waals surface area contributed by atoms with Gasteiger partial charge in [0.15, 0.2) is 5.82 Å². The first-order valence-corrected chi connectivity index (χ1v) is 11.4. The van der Waals surface area contributed by atoms with Crippen molar-refractivity contribution in [1.82, 2.24) is 34.9 Å². The van der Waals surface area contributed by atoms with Crippen molar-refractivity contribution in [2.45, 2.75) is 32.4 Å². The second-order valence-corrected chi connectivity index (χ2v) is 8.46. The van der Waals surface area contributed by atoms with Gasteiger partial charge in [-0.05, 0) is 62.0 Å². The van der Waals surface area contributed by atoms with Crippen LogP contribution in [0.3, 0.4) is 0 Å². The monoisotopic (exact) mass is 470 g/mol. The maximum Gasteiger partial charge on any atom is 0.293 e. The summed E-state index contributed by atoms with van der Waals surface area (Å²) in [5.41, 5.74) is 1.21. The Morgan fingerprint density at radius 2 is 2.12 bits per heavy atom. The zero-order chi connectivity index (χ0) is 23.0. The summed E-state index contributed by atoms with van der Waals surface area (Å²) in [4.78, 5) is 33.3. The molecule has 1 aromatic carbocycles. The van der Waals surface area contributed by atoms with Crippen LogP contribution in [0.15, 0.2) is 48.0 Å². The van der Waals surface area contributed by atoms with Crippen molar-refractivity contribution >= 4 is 23.3 Å². The molecule has 0 saturated heterocycles. The summed E-state index contributed by atoms with van der Waals surface area (Å²) in [6.45, 7) is 2.72. The second-order valence-electron chi connectivity index (χ2n) is 8.03. The number of hydrogen-bond acceptors (Lipinski definition) is 7. The molecular weight excluding hydrogens is 444 g/mol. The van der Waals surface area contributed by atoms with Crippen molar-refractivity contribution in [3.8, 4) is 5.69 Å². The summed E-state index contributed by atoms with van der Waals surface area (Å²) in [7, 11) is 0. The number of anilines is 1. The third-order valence-corrected chi connectivity index (χ3v) is 5.60. The van der Waals surface area contributed by atoms with Gasteiger partial charge in [0.1, 0.15) is 19.2 Å². The number of halogens is 1. The van der Waals surface area contributed by atoms with E-state index in [1.165, 1.54) is 36.1 Å². The zero-order valence-electron chi connectivity index (χ0n) is 18.2. The Kier molecular flexibility index (Phi) is 7.69. The predicted molar refractivity (Wildman–Crippen MR) is 125 cm³/mol. The minimum Gasteiger partial charge on any atom is -0.365 e. The van der Waals surface area contributed by atoms with Gasteiger partial charge in [-0.15, -0.1) is 0 Å². The molecule has 1 aliphatic carbocycles. The first-order chi connectivity index (χ1) is 16.1. The normalized spacial score (nSPS) is 13.1. The second kappa shape index (κ2) is 11.1. The van der Waals surface area contributed by atoms with E-state index in [-0.39, 0.29) is 30.4 Å². The van der Waals surface area contributed by atoms with Gasteiger partial charge in [-0.3, -0.25) is 9.59 Å². The lowest BCUT2D eigenvalue weighted by Gasteiger charge is -2.12. The maximum absolute atomic E-state index is 12.7. The molecule has 0 spiro atoms. The lowest BCUT2D eigenvalue weighted by molar-refractivity contribution is -0.121. The van der Waals surface area contributed by atoms with E-state index in [4.69, 9.17) is 11.6 Å². The molecule has 0 unspecified atom stereocenters. The van der Waals surface area contributed by atoms with E-state index in [9.17, 15) is 9.59 Å². The van der Waals surface area contributed by atoms with Crippen LogP contribution in [0.4, 0.5) is 5.82 Å². The quantitative estimate of drug-likeness (QED) is 0.344. The van der Waals surface area contributed by atoms with E-state index < -0.39 is 0 Å². The van der Waals surface area contributed by atoms with Gasteiger partial charge >= 0.3 is 0 Å². The molecule has 0 bridgehead atoms. The SMILES string of the molecule is O=C(Cn1ccnc(NCCCNCC2CC2)c1=O)NCc1cc(Cl)ccc1-n1cncn1. The fourth-order valence-electron chi connectivity index (χ4n) is 3.40. The number of benzene rings is 1. The third kappa shape index (κ3) is 6.62. The van der Waals surface area contributed by atoms with Crippen LogP contribution in [-0.4, -0.2) is 49.9 Å². The van der Waals surface area contributed by atoms with Gasteiger partial charge in [0.2, 0.25) is 5.91 Å². The van der Waals surface area contributed by atoms with Crippen molar-refractivity contribution in [2.75, 3.05) is 25.0 Å². The molecule has 174 valence electrons. The molecule has 33 heavy (non-hydrogen) atoms. The third-order valence-electron chi connectivity index (χ3n) is 5.36. The van der Waals surface area contributed by atoms with Gasteiger partial charge < -0.3 is 20.5 Å². The van der Waals surface area contributed by atoms with E-state index >= 15 is 0 Å². The first kappa shape index (κ1) is 22.9. The van der Waals surface area contributed by atoms with Gasteiger partial charge in [0, 0.05) is 30.5 Å². The topological polar surface area (TPSA) is 119 Å². The van der Waals surface area contributed by atoms with E-state index in [0.717, 1.165) is 36.7 Å². The lowest BCUT2D eigenvalue weighted by Crippen LogP contribution is -2.33. The summed E-state index contributed by atoms with van der Waals surface area (Å²) in [5.74, 6) is 0.791. The fourth-order valence-corrected chi connectivity index (χ4v) is 3.59. The minimum atomic E-state index is -0.329. The Bertz CT molecular complexity index is 1130. The predicted octanol–water partition coefficient (Wildman–Crippen LogP) is 1.60. The molecule has 10 nitrogen and oxygen atoms in total. The summed E-state index contributed by atoms with van der Waals surface area (Å²) < 4.78 is 2.94. The first-order valence-electron chi connectivity index (χ1n) is 11.0. The summed E-state index contributed by atoms with van der Waals surface area (Å²) in [6, 6.07) is 5.32. The van der Waals surface area contributed by atoms with Crippen LogP contribution in [0.25, 0.3) is 5.69 Å². The van der Waals surface area contributed by atoms with Crippen molar-refractivity contribution in [3.05, 3.63) is 64.2 Å². The van der Waals surface area contributed by atoms with Gasteiger partial charge in [0.25, 0.3) is 5.56 Å². The number of carbonyl (C=O) groups is 1. The number of nitrogens with one attached hydrogen (secondary N) is 3. The Morgan fingerprint density at radius 3 is 2.91 bits per heavy atom. The van der Waals surface area contributed by atoms with Crippen LogP contribution < -0.4 is 21.5 Å². The van der Waals surface area contributed by atoms with Crippen molar-refractivity contribution in [2.24, 2.45) is 5.92 Å². The van der Waals surface area contributed by atoms with Gasteiger partial charge in [-0.2, -0.15) is 5.10 Å². The van der Waals surface area contributed by atoms with Crippen molar-refractivity contribution < 1.29 is 4.79 Å². The number of rotatable bonds is 12. The molecule has 3 aromatic rings. The Hall–Kier alpha value is -3.24. The van der Waals surface area contributed by atoms with Crippen LogP contribution in [0.2, 0.25) is 5.02 Å². The average molecular weight is 471 g/mol. The highest BCUT2D eigenvalue weighted by Gasteiger charge is 2.19. The van der Waals surface area contributed by atoms with Crippen LogP contribution in [0.5, 0.6) is 0 Å². The van der Waals surface area contributed by atoms with E-state index in [2.05, 4.69) is 31.0 Å². The molecule has 1 saturated carbocycles. The highest BCUT2D eigenvalue weighted by Crippen LogP contribution is 2.27. The van der Waals surface area contributed by atoms with Crippen LogP contribution in [0, 0.1) is 5.92 Å². The van der Waals surface area contributed by atoms with Gasteiger partial charge in [-0.25, -0.2) is 14.6 Å². The number of carbonyl (C=O) groups excluding carboxylic acids is 1. The zero-order valence-corrected chi connectivity index (χ0v) is 19.0. The molecule has 2 heterocycles. The maximum atomic E-state index is 12.7. The molecular formula is C22H27ClN8O2. The highest BCUT2D eigenvalue weighted by atomic mass is 35.5. The van der Waals surface area contributed by atoms with Crippen LogP contribution >= 0.6 is 11.6 Å². The standard InChI is InChI=1S/C22H27ClN8O2/c23-18-4-5-19(31-15-25-14-29-31)17(10-18)12-28-20(32)13-30-9-8-27-21(22(30)33)26-7-1-6-24-11-16-2-3-16/h4-5,8-10,14-16,24H,1-3,6-7,11-13H2,(H,26,27)(H,28,32). The summed E-state index contributed by atoms with van der Waals surface area (Å²) in [5, 5.41) is 14.0. The van der Waals surface area contributed by atoms with E-state index in [1.807, 2.05) is 6.07 Å². The molecule has 0 atom stereocenters. The minimum absolute atomic E-state index is 0.113. The van der Waals surface area contributed by atoms with Crippen LogP contribution in [0.1, 0.15) is 24.8 Å². The molecule has 0 aliphatic heterocycles. The molecule has 1 amide bonds. The molecule has 2 aromatic heterocycles. The molecule has 11 heteroatoms. The molecule has 3 N–H and O–H groups in total. The Balaban J connectivity index is 1.29. The van der Waals surface area contributed by atoms with E-state index in [0.29, 0.717) is 11.6 Å². The fraction of sp³-hybridized carbons (Fsp3) is 0.409. The summed E-state index contributed by atoms with van der Waals surface area (Å²) >= 11 is 6.13. The largest absolute Gasteiger partial charge is 0.365 e. The summed E-state index contributed by atoms with van der Waals surface area (Å²) in [6.07, 6.45) is 9.57.